The Hall–Kier alpha value is -7.62. The van der Waals surface area contributed by atoms with Crippen LogP contribution in [0.15, 0.2) is 182 Å². The molecule has 1 heterocycles. The van der Waals surface area contributed by atoms with Gasteiger partial charge in [-0.1, -0.05) is 183 Å². The third-order valence-electron chi connectivity index (χ3n) is 14.1. The lowest BCUT2D eigenvalue weighted by molar-refractivity contribution is 0.487. The molecular weight excluding hydrogens is 785 g/mol. The smallest absolute Gasteiger partial charge is 0.243 e. The lowest BCUT2D eigenvalue weighted by Gasteiger charge is -2.30. The molecule has 65 heavy (non-hydrogen) atoms. The SMILES string of the molecule is Cc1cc(C)c(B(c2c(C)cc(C)cc2C)c2cc3c4cccc5c4c(cc3c3ccccc23)-c2ccc(N(c3ccccc3)c3cc4ccccc4c4ccccc34)cc2O5)c(C)c1. The summed E-state index contributed by atoms with van der Waals surface area (Å²) >= 11 is 0. The van der Waals surface area contributed by atoms with E-state index >= 15 is 0 Å². The van der Waals surface area contributed by atoms with Crippen LogP contribution in [0.2, 0.25) is 0 Å². The molecule has 0 aliphatic carbocycles. The van der Waals surface area contributed by atoms with E-state index in [0.717, 1.165) is 39.5 Å². The highest BCUT2D eigenvalue weighted by atomic mass is 16.5. The molecule has 0 saturated carbocycles. The Morgan fingerprint density at radius 3 is 1.60 bits per heavy atom. The Balaban J connectivity index is 1.09. The molecule has 1 aliphatic heterocycles. The number of hydrogen-bond acceptors (Lipinski definition) is 2. The van der Waals surface area contributed by atoms with Crippen LogP contribution in [0.4, 0.5) is 17.1 Å². The summed E-state index contributed by atoms with van der Waals surface area (Å²) in [5.41, 5.74) is 17.6. The van der Waals surface area contributed by atoms with Crippen LogP contribution in [0.5, 0.6) is 11.5 Å². The summed E-state index contributed by atoms with van der Waals surface area (Å²) in [5.74, 6) is 1.73. The molecule has 0 aromatic heterocycles. The number of benzene rings is 11. The van der Waals surface area contributed by atoms with Crippen LogP contribution in [0.1, 0.15) is 33.4 Å². The first-order valence-corrected chi connectivity index (χ1v) is 22.9. The first-order chi connectivity index (χ1) is 31.7. The van der Waals surface area contributed by atoms with Crippen molar-refractivity contribution in [2.45, 2.75) is 41.5 Å². The Morgan fingerprint density at radius 1 is 0.369 bits per heavy atom. The van der Waals surface area contributed by atoms with Crippen molar-refractivity contribution in [3.63, 3.8) is 0 Å². The monoisotopic (exact) mass is 833 g/mol. The maximum Gasteiger partial charge on any atom is 0.243 e. The second-order valence-corrected chi connectivity index (χ2v) is 18.4. The topological polar surface area (TPSA) is 12.5 Å². The van der Waals surface area contributed by atoms with E-state index < -0.39 is 0 Å². The van der Waals surface area contributed by atoms with Crippen LogP contribution in [-0.2, 0) is 0 Å². The zero-order chi connectivity index (χ0) is 44.1. The average molecular weight is 834 g/mol. The molecule has 0 amide bonds. The van der Waals surface area contributed by atoms with Crippen molar-refractivity contribution >= 4 is 94.0 Å². The summed E-state index contributed by atoms with van der Waals surface area (Å²) in [4.78, 5) is 2.38. The highest BCUT2D eigenvalue weighted by Crippen LogP contribution is 2.52. The van der Waals surface area contributed by atoms with Gasteiger partial charge in [0.15, 0.2) is 0 Å². The molecule has 2 nitrogen and oxygen atoms in total. The number of aryl methyl sites for hydroxylation is 6. The molecule has 310 valence electrons. The maximum atomic E-state index is 7.08. The molecule has 0 fully saturated rings. The lowest BCUT2D eigenvalue weighted by Crippen LogP contribution is -2.56. The van der Waals surface area contributed by atoms with Crippen molar-refractivity contribution in [3.05, 3.63) is 215 Å². The quantitative estimate of drug-likeness (QED) is 0.122. The Bertz CT molecular complexity index is 3670. The molecule has 0 atom stereocenters. The van der Waals surface area contributed by atoms with Crippen molar-refractivity contribution in [2.24, 2.45) is 0 Å². The first-order valence-electron chi connectivity index (χ1n) is 22.9. The van der Waals surface area contributed by atoms with Gasteiger partial charge in [0.25, 0.3) is 0 Å². The molecule has 0 spiro atoms. The van der Waals surface area contributed by atoms with E-state index in [1.54, 1.807) is 0 Å². The third-order valence-corrected chi connectivity index (χ3v) is 14.1. The molecule has 1 aliphatic rings. The molecule has 0 unspecified atom stereocenters. The number of fused-ring (bicyclic) bond motifs is 9. The van der Waals surface area contributed by atoms with Gasteiger partial charge in [-0.15, -0.1) is 0 Å². The summed E-state index contributed by atoms with van der Waals surface area (Å²) in [6, 6.07) is 67.4. The summed E-state index contributed by atoms with van der Waals surface area (Å²) in [6.07, 6.45) is 0. The van der Waals surface area contributed by atoms with Crippen molar-refractivity contribution in [1.29, 1.82) is 0 Å². The van der Waals surface area contributed by atoms with Crippen molar-refractivity contribution in [1.82, 2.24) is 0 Å². The minimum absolute atomic E-state index is 0.0407. The van der Waals surface area contributed by atoms with E-state index in [1.165, 1.54) is 104 Å². The lowest BCUT2D eigenvalue weighted by atomic mass is 9.33. The van der Waals surface area contributed by atoms with Gasteiger partial charge in [0.05, 0.1) is 5.69 Å². The van der Waals surface area contributed by atoms with Gasteiger partial charge in [0.2, 0.25) is 6.71 Å². The molecule has 11 aromatic rings. The molecule has 12 rings (SSSR count). The van der Waals surface area contributed by atoms with Gasteiger partial charge < -0.3 is 9.64 Å². The minimum Gasteiger partial charge on any atom is -0.456 e. The van der Waals surface area contributed by atoms with Gasteiger partial charge in [-0.3, -0.25) is 0 Å². The van der Waals surface area contributed by atoms with Crippen LogP contribution in [0, 0.1) is 41.5 Å². The van der Waals surface area contributed by atoms with Crippen molar-refractivity contribution < 1.29 is 4.74 Å². The number of hydrogen-bond donors (Lipinski definition) is 0. The van der Waals surface area contributed by atoms with Crippen LogP contribution < -0.4 is 26.0 Å². The largest absolute Gasteiger partial charge is 0.456 e. The molecule has 0 bridgehead atoms. The Morgan fingerprint density at radius 2 is 0.923 bits per heavy atom. The van der Waals surface area contributed by atoms with Crippen LogP contribution in [0.3, 0.4) is 0 Å². The van der Waals surface area contributed by atoms with Crippen molar-refractivity contribution in [3.8, 4) is 22.6 Å². The van der Waals surface area contributed by atoms with Crippen LogP contribution in [0.25, 0.3) is 65.0 Å². The van der Waals surface area contributed by atoms with E-state index in [4.69, 9.17) is 4.74 Å². The zero-order valence-corrected chi connectivity index (χ0v) is 37.8. The maximum absolute atomic E-state index is 7.08. The fraction of sp³-hybridized carbons (Fsp3) is 0.0968. The predicted molar refractivity (Wildman–Crippen MR) is 280 cm³/mol. The third kappa shape index (κ3) is 6.17. The molecule has 0 radical (unpaired) electrons. The Kier molecular flexibility index (Phi) is 9.00. The number of para-hydroxylation sites is 1. The fourth-order valence-electron chi connectivity index (χ4n) is 11.6. The van der Waals surface area contributed by atoms with E-state index in [0.29, 0.717) is 0 Å². The fourth-order valence-corrected chi connectivity index (χ4v) is 11.6. The normalized spacial score (nSPS) is 12.0. The molecular formula is C62H48BNO. The highest BCUT2D eigenvalue weighted by Gasteiger charge is 2.32. The van der Waals surface area contributed by atoms with Gasteiger partial charge in [-0.05, 0) is 133 Å². The van der Waals surface area contributed by atoms with Gasteiger partial charge in [0.1, 0.15) is 11.5 Å². The second kappa shape index (κ2) is 15.0. The average Bonchev–Trinajstić information content (AvgIpc) is 3.31. The van der Waals surface area contributed by atoms with Gasteiger partial charge >= 0.3 is 0 Å². The molecule has 0 saturated heterocycles. The van der Waals surface area contributed by atoms with Crippen LogP contribution in [-0.4, -0.2) is 6.71 Å². The van der Waals surface area contributed by atoms with Crippen LogP contribution >= 0.6 is 0 Å². The summed E-state index contributed by atoms with van der Waals surface area (Å²) < 4.78 is 7.08. The minimum atomic E-state index is 0.0407. The molecule has 11 aromatic carbocycles. The number of ether oxygens (including phenoxy) is 1. The van der Waals surface area contributed by atoms with Crippen molar-refractivity contribution in [2.75, 3.05) is 4.90 Å². The number of nitrogens with zero attached hydrogens (tertiary/aromatic N) is 1. The predicted octanol–water partition coefficient (Wildman–Crippen LogP) is 15.1. The van der Waals surface area contributed by atoms with Gasteiger partial charge in [-0.25, -0.2) is 0 Å². The van der Waals surface area contributed by atoms with E-state index in [9.17, 15) is 0 Å². The summed E-state index contributed by atoms with van der Waals surface area (Å²) in [5, 5.41) is 12.3. The first kappa shape index (κ1) is 39.0. The van der Waals surface area contributed by atoms with E-state index in [1.807, 2.05) is 0 Å². The zero-order valence-electron chi connectivity index (χ0n) is 37.8. The van der Waals surface area contributed by atoms with E-state index in [2.05, 4.69) is 228 Å². The van der Waals surface area contributed by atoms with Gasteiger partial charge in [0, 0.05) is 33.8 Å². The van der Waals surface area contributed by atoms with Gasteiger partial charge in [-0.2, -0.15) is 0 Å². The second-order valence-electron chi connectivity index (χ2n) is 18.4. The summed E-state index contributed by atoms with van der Waals surface area (Å²) in [6.45, 7) is 13.7. The summed E-state index contributed by atoms with van der Waals surface area (Å²) in [7, 11) is 0. The Labute approximate surface area is 381 Å². The number of anilines is 3. The molecule has 3 heteroatoms. The number of rotatable bonds is 6. The molecule has 0 N–H and O–H groups in total. The standard InChI is InChI=1S/C62H48BNO/c1-37-29-39(3)61(40(4)30-37)63(62-41(5)31-38(2)32-42(62)6)56-36-54-52-25-16-26-58-60(52)55(35-53(54)48-22-12-14-23-49(48)56)51-28-27-45(34-59(51)65-58)64(44-18-8-7-9-19-44)57-33-43-17-10-11-20-46(43)47-21-13-15-24-50(47)57/h7-36H,1-6H3. The van der Waals surface area contributed by atoms with E-state index in [-0.39, 0.29) is 6.71 Å². The highest BCUT2D eigenvalue weighted by molar-refractivity contribution is 6.98.